The van der Waals surface area contributed by atoms with Crippen LogP contribution in [0.15, 0.2) is 65.6 Å². The van der Waals surface area contributed by atoms with Gasteiger partial charge in [-0.05, 0) is 62.4 Å². The van der Waals surface area contributed by atoms with Crippen LogP contribution in [-0.2, 0) is 22.7 Å². The smallest absolute Gasteiger partial charge is 0.416 e. The molecule has 192 valence electrons. The van der Waals surface area contributed by atoms with Crippen molar-refractivity contribution in [2.45, 2.75) is 31.5 Å². The second-order valence-corrected chi connectivity index (χ2v) is 10.4. The molecular formula is C25H24ClF3N2O4S. The molecule has 0 unspecified atom stereocenters. The quantitative estimate of drug-likeness (QED) is 0.372. The summed E-state index contributed by atoms with van der Waals surface area (Å²) in [5, 5.41) is 2.33. The molecule has 0 saturated carbocycles. The Labute approximate surface area is 212 Å². The number of amides is 1. The number of aryl methyl sites for hydroxylation is 1. The van der Waals surface area contributed by atoms with Crippen molar-refractivity contribution in [3.8, 4) is 5.75 Å². The third kappa shape index (κ3) is 6.37. The van der Waals surface area contributed by atoms with Crippen LogP contribution < -0.4 is 10.1 Å². The van der Waals surface area contributed by atoms with Crippen LogP contribution in [0.4, 0.5) is 18.9 Å². The maximum atomic E-state index is 13.1. The van der Waals surface area contributed by atoms with Crippen LogP contribution in [0.5, 0.6) is 5.75 Å². The topological polar surface area (TPSA) is 75.7 Å². The molecule has 0 aromatic heterocycles. The Morgan fingerprint density at radius 3 is 2.33 bits per heavy atom. The van der Waals surface area contributed by atoms with E-state index in [1.807, 2.05) is 6.92 Å². The third-order valence-corrected chi connectivity index (χ3v) is 7.43. The Hall–Kier alpha value is -3.08. The number of carbonyl (C=O) groups is 1. The molecule has 0 spiro atoms. The maximum Gasteiger partial charge on any atom is 0.416 e. The predicted molar refractivity (Wildman–Crippen MR) is 132 cm³/mol. The minimum atomic E-state index is -4.61. The van der Waals surface area contributed by atoms with Gasteiger partial charge in [-0.1, -0.05) is 29.3 Å². The summed E-state index contributed by atoms with van der Waals surface area (Å²) >= 11 is 5.99. The van der Waals surface area contributed by atoms with Crippen molar-refractivity contribution in [1.82, 2.24) is 4.31 Å². The fraction of sp³-hybridized carbons (Fsp3) is 0.240. The average Bonchev–Trinajstić information content (AvgIpc) is 2.81. The summed E-state index contributed by atoms with van der Waals surface area (Å²) in [6.07, 6.45) is -4.61. The zero-order valence-corrected chi connectivity index (χ0v) is 21.3. The monoisotopic (exact) mass is 540 g/mol. The van der Waals surface area contributed by atoms with Crippen LogP contribution in [0.1, 0.15) is 34.0 Å². The van der Waals surface area contributed by atoms with Gasteiger partial charge in [-0.3, -0.25) is 4.79 Å². The number of nitrogens with one attached hydrogen (secondary N) is 1. The molecule has 1 N–H and O–H groups in total. The first-order chi connectivity index (χ1) is 16.8. The van der Waals surface area contributed by atoms with Gasteiger partial charge in [0.05, 0.1) is 27.8 Å². The van der Waals surface area contributed by atoms with E-state index in [1.54, 1.807) is 19.1 Å². The fourth-order valence-electron chi connectivity index (χ4n) is 3.35. The molecular weight excluding hydrogens is 517 g/mol. The maximum absolute atomic E-state index is 13.1. The van der Waals surface area contributed by atoms with E-state index >= 15 is 0 Å². The van der Waals surface area contributed by atoms with Crippen molar-refractivity contribution in [2.24, 2.45) is 0 Å². The second kappa shape index (κ2) is 10.9. The number of hydrogen-bond acceptors (Lipinski definition) is 4. The summed E-state index contributed by atoms with van der Waals surface area (Å²) in [4.78, 5) is 13.0. The lowest BCUT2D eigenvalue weighted by atomic mass is 10.1. The van der Waals surface area contributed by atoms with Gasteiger partial charge in [0.25, 0.3) is 5.91 Å². The SMILES string of the molecule is CCOc1ccc(C(=O)Nc2cc(C(F)(F)F)ccc2Cl)cc1CN(C)S(=O)(=O)c1ccc(C)cc1. The second-order valence-electron chi connectivity index (χ2n) is 7.98. The average molecular weight is 541 g/mol. The van der Waals surface area contributed by atoms with E-state index in [0.29, 0.717) is 17.9 Å². The Kier molecular flexibility index (Phi) is 8.33. The zero-order chi connectivity index (χ0) is 26.7. The lowest BCUT2D eigenvalue weighted by Gasteiger charge is -2.20. The number of carbonyl (C=O) groups excluding carboxylic acids is 1. The molecule has 0 atom stereocenters. The number of ether oxygens (including phenoxy) is 1. The summed E-state index contributed by atoms with van der Waals surface area (Å²) in [6, 6.07) is 13.4. The largest absolute Gasteiger partial charge is 0.494 e. The molecule has 3 aromatic carbocycles. The molecule has 0 radical (unpaired) electrons. The molecule has 36 heavy (non-hydrogen) atoms. The highest BCUT2D eigenvalue weighted by Crippen LogP contribution is 2.34. The van der Waals surface area contributed by atoms with Gasteiger partial charge in [0.15, 0.2) is 0 Å². The van der Waals surface area contributed by atoms with Crippen LogP contribution in [0, 0.1) is 6.92 Å². The minimum Gasteiger partial charge on any atom is -0.494 e. The highest BCUT2D eigenvalue weighted by molar-refractivity contribution is 7.89. The first-order valence-electron chi connectivity index (χ1n) is 10.8. The van der Waals surface area contributed by atoms with Gasteiger partial charge in [-0.15, -0.1) is 0 Å². The van der Waals surface area contributed by atoms with Crippen molar-refractivity contribution in [2.75, 3.05) is 19.0 Å². The Morgan fingerprint density at radius 2 is 1.72 bits per heavy atom. The number of anilines is 1. The lowest BCUT2D eigenvalue weighted by Crippen LogP contribution is -2.27. The number of hydrogen-bond donors (Lipinski definition) is 1. The van der Waals surface area contributed by atoms with Crippen LogP contribution in [-0.4, -0.2) is 32.3 Å². The van der Waals surface area contributed by atoms with Crippen LogP contribution in [0.2, 0.25) is 5.02 Å². The summed E-state index contributed by atoms with van der Waals surface area (Å²) < 4.78 is 72.0. The van der Waals surface area contributed by atoms with Crippen molar-refractivity contribution in [3.63, 3.8) is 0 Å². The van der Waals surface area contributed by atoms with Gasteiger partial charge in [0, 0.05) is 24.7 Å². The molecule has 1 amide bonds. The van der Waals surface area contributed by atoms with E-state index in [-0.39, 0.29) is 27.7 Å². The van der Waals surface area contributed by atoms with Crippen molar-refractivity contribution >= 4 is 33.2 Å². The van der Waals surface area contributed by atoms with Crippen LogP contribution in [0.25, 0.3) is 0 Å². The van der Waals surface area contributed by atoms with Gasteiger partial charge in [-0.25, -0.2) is 8.42 Å². The number of rotatable bonds is 8. The number of benzene rings is 3. The van der Waals surface area contributed by atoms with Gasteiger partial charge in [-0.2, -0.15) is 17.5 Å². The van der Waals surface area contributed by atoms with E-state index in [0.717, 1.165) is 28.1 Å². The molecule has 3 rings (SSSR count). The molecule has 0 aliphatic heterocycles. The highest BCUT2D eigenvalue weighted by Gasteiger charge is 2.31. The van der Waals surface area contributed by atoms with Crippen molar-refractivity contribution < 1.29 is 31.1 Å². The molecule has 0 bridgehead atoms. The van der Waals surface area contributed by atoms with Crippen LogP contribution in [0.3, 0.4) is 0 Å². The summed E-state index contributed by atoms with van der Waals surface area (Å²) in [5.41, 5.74) is 0.235. The predicted octanol–water partition coefficient (Wildman–Crippen LogP) is 6.14. The number of alkyl halides is 3. The van der Waals surface area contributed by atoms with Gasteiger partial charge >= 0.3 is 6.18 Å². The molecule has 0 aliphatic rings. The number of nitrogens with zero attached hydrogens (tertiary/aromatic N) is 1. The Bertz CT molecular complexity index is 1360. The van der Waals surface area contributed by atoms with E-state index in [4.69, 9.17) is 16.3 Å². The molecule has 11 heteroatoms. The minimum absolute atomic E-state index is 0.0635. The van der Waals surface area contributed by atoms with E-state index in [2.05, 4.69) is 5.32 Å². The number of halogens is 4. The Morgan fingerprint density at radius 1 is 1.06 bits per heavy atom. The van der Waals surface area contributed by atoms with E-state index in [1.165, 1.54) is 37.4 Å². The third-order valence-electron chi connectivity index (χ3n) is 5.29. The van der Waals surface area contributed by atoms with Gasteiger partial charge in [0.2, 0.25) is 10.0 Å². The highest BCUT2D eigenvalue weighted by atomic mass is 35.5. The summed E-state index contributed by atoms with van der Waals surface area (Å²) in [7, 11) is -2.44. The summed E-state index contributed by atoms with van der Waals surface area (Å²) in [6.45, 7) is 3.79. The van der Waals surface area contributed by atoms with E-state index in [9.17, 15) is 26.4 Å². The summed E-state index contributed by atoms with van der Waals surface area (Å²) in [5.74, 6) is -0.346. The first kappa shape index (κ1) is 27.5. The molecule has 6 nitrogen and oxygen atoms in total. The standard InChI is InChI=1S/C25H24ClF3N2O4S/c1-4-35-23-12-7-17(24(32)30-22-14-19(25(27,28)29)8-11-21(22)26)13-18(23)15-31(3)36(33,34)20-9-5-16(2)6-10-20/h5-14H,4,15H2,1-3H3,(H,30,32). The van der Waals surface area contributed by atoms with Crippen molar-refractivity contribution in [3.05, 3.63) is 87.9 Å². The molecule has 0 fully saturated rings. The zero-order valence-electron chi connectivity index (χ0n) is 19.7. The fourth-order valence-corrected chi connectivity index (χ4v) is 4.66. The number of sulfonamides is 1. The van der Waals surface area contributed by atoms with E-state index < -0.39 is 27.7 Å². The van der Waals surface area contributed by atoms with Crippen LogP contribution >= 0.6 is 11.6 Å². The molecule has 0 aliphatic carbocycles. The Balaban J connectivity index is 1.90. The van der Waals surface area contributed by atoms with Gasteiger partial charge < -0.3 is 10.1 Å². The lowest BCUT2D eigenvalue weighted by molar-refractivity contribution is -0.137. The molecule has 3 aromatic rings. The molecule has 0 heterocycles. The van der Waals surface area contributed by atoms with Gasteiger partial charge in [0.1, 0.15) is 5.75 Å². The van der Waals surface area contributed by atoms with Crippen molar-refractivity contribution in [1.29, 1.82) is 0 Å². The first-order valence-corrected chi connectivity index (χ1v) is 12.6. The normalized spacial score (nSPS) is 12.0. The molecule has 0 saturated heterocycles.